The quantitative estimate of drug-likeness (QED) is 0.624. The Morgan fingerprint density at radius 1 is 1.20 bits per heavy atom. The van der Waals surface area contributed by atoms with Crippen molar-refractivity contribution in [2.24, 2.45) is 0 Å². The van der Waals surface area contributed by atoms with Crippen molar-refractivity contribution in [3.8, 4) is 0 Å². The predicted octanol–water partition coefficient (Wildman–Crippen LogP) is 2.60. The zero-order valence-corrected chi connectivity index (χ0v) is 9.21. The molecule has 0 aromatic rings. The monoisotopic (exact) mass is 159 g/mol. The van der Waals surface area contributed by atoms with Crippen LogP contribution in [0, 0.1) is 0 Å². The zero-order valence-electron chi connectivity index (χ0n) is 8.21. The Labute approximate surface area is 66.3 Å². The third-order valence-electron chi connectivity index (χ3n) is 1.60. The third-order valence-corrected chi connectivity index (χ3v) is 3.02. The topological polar surface area (TPSA) is 12.0 Å². The minimum atomic E-state index is -1.06. The molecule has 62 valence electrons. The van der Waals surface area contributed by atoms with Gasteiger partial charge in [0.25, 0.3) is 0 Å². The molecule has 0 heterocycles. The van der Waals surface area contributed by atoms with E-state index in [1.54, 1.807) is 0 Å². The van der Waals surface area contributed by atoms with Crippen LogP contribution in [0.2, 0.25) is 19.6 Å². The number of rotatable bonds is 3. The summed E-state index contributed by atoms with van der Waals surface area (Å²) >= 11 is 0. The molecule has 0 aliphatic rings. The van der Waals surface area contributed by atoms with Crippen molar-refractivity contribution in [2.75, 3.05) is 0 Å². The fraction of sp³-hybridized carbons (Fsp3) is 1.00. The van der Waals surface area contributed by atoms with E-state index in [0.29, 0.717) is 5.54 Å². The van der Waals surface area contributed by atoms with Gasteiger partial charge >= 0.3 is 0 Å². The standard InChI is InChI=1S/C8H21NSi/c1-7-8(2,3)9-10(4,5)6/h9H,7H2,1-6H3. The van der Waals surface area contributed by atoms with Crippen LogP contribution in [0.15, 0.2) is 0 Å². The summed E-state index contributed by atoms with van der Waals surface area (Å²) < 4.78 is 0. The summed E-state index contributed by atoms with van der Waals surface area (Å²) in [6, 6.07) is 0. The minimum Gasteiger partial charge on any atom is -0.333 e. The van der Waals surface area contributed by atoms with Crippen LogP contribution in [0.4, 0.5) is 0 Å². The van der Waals surface area contributed by atoms with Crippen LogP contribution in [0.3, 0.4) is 0 Å². The molecule has 2 heteroatoms. The lowest BCUT2D eigenvalue weighted by Gasteiger charge is -2.32. The summed E-state index contributed by atoms with van der Waals surface area (Å²) in [5.74, 6) is 0. The SMILES string of the molecule is CCC(C)(C)N[Si](C)(C)C. The van der Waals surface area contributed by atoms with Gasteiger partial charge in [0.15, 0.2) is 0 Å². The van der Waals surface area contributed by atoms with Gasteiger partial charge in [-0.15, -0.1) is 0 Å². The van der Waals surface area contributed by atoms with Crippen LogP contribution in [0.1, 0.15) is 27.2 Å². The van der Waals surface area contributed by atoms with Gasteiger partial charge in [-0.1, -0.05) is 26.6 Å². The van der Waals surface area contributed by atoms with E-state index >= 15 is 0 Å². The van der Waals surface area contributed by atoms with Crippen molar-refractivity contribution < 1.29 is 0 Å². The second-order valence-electron chi connectivity index (χ2n) is 4.61. The summed E-state index contributed by atoms with van der Waals surface area (Å²) in [4.78, 5) is 3.68. The van der Waals surface area contributed by atoms with Crippen LogP contribution >= 0.6 is 0 Å². The highest BCUT2D eigenvalue weighted by molar-refractivity contribution is 6.73. The third kappa shape index (κ3) is 5.00. The lowest BCUT2D eigenvalue weighted by atomic mass is 10.0. The Bertz CT molecular complexity index is 102. The van der Waals surface area contributed by atoms with Crippen molar-refractivity contribution in [1.82, 2.24) is 4.98 Å². The lowest BCUT2D eigenvalue weighted by molar-refractivity contribution is 0.447. The molecule has 0 atom stereocenters. The van der Waals surface area contributed by atoms with Crippen molar-refractivity contribution in [3.05, 3.63) is 0 Å². The van der Waals surface area contributed by atoms with Crippen molar-refractivity contribution >= 4 is 8.24 Å². The molecule has 0 unspecified atom stereocenters. The van der Waals surface area contributed by atoms with Gasteiger partial charge in [-0.25, -0.2) is 0 Å². The maximum Gasteiger partial charge on any atom is 0.116 e. The Morgan fingerprint density at radius 2 is 1.60 bits per heavy atom. The van der Waals surface area contributed by atoms with Crippen molar-refractivity contribution in [2.45, 2.75) is 52.4 Å². The molecule has 0 aromatic carbocycles. The highest BCUT2D eigenvalue weighted by Crippen LogP contribution is 2.11. The van der Waals surface area contributed by atoms with Crippen LogP contribution in [-0.2, 0) is 0 Å². The molecule has 0 aromatic heterocycles. The normalized spacial score (nSPS) is 13.8. The van der Waals surface area contributed by atoms with Crippen LogP contribution < -0.4 is 4.98 Å². The van der Waals surface area contributed by atoms with Gasteiger partial charge in [0.05, 0.1) is 0 Å². The van der Waals surface area contributed by atoms with Gasteiger partial charge in [-0.05, 0) is 20.3 Å². The average Bonchev–Trinajstić information content (AvgIpc) is 1.60. The first-order chi connectivity index (χ1) is 4.27. The first-order valence-corrected chi connectivity index (χ1v) is 7.56. The van der Waals surface area contributed by atoms with Gasteiger partial charge in [0.1, 0.15) is 8.24 Å². The van der Waals surface area contributed by atoms with Gasteiger partial charge < -0.3 is 4.98 Å². The summed E-state index contributed by atoms with van der Waals surface area (Å²) in [6.45, 7) is 13.8. The average molecular weight is 159 g/mol. The van der Waals surface area contributed by atoms with Crippen molar-refractivity contribution in [3.63, 3.8) is 0 Å². The molecule has 0 bridgehead atoms. The molecule has 0 spiro atoms. The Balaban J connectivity index is 3.89. The molecule has 1 nitrogen and oxygen atoms in total. The second-order valence-corrected chi connectivity index (χ2v) is 9.36. The molecule has 1 N–H and O–H groups in total. The summed E-state index contributed by atoms with van der Waals surface area (Å²) in [7, 11) is -1.06. The number of hydrogen-bond donors (Lipinski definition) is 1. The van der Waals surface area contributed by atoms with Crippen LogP contribution in [0.25, 0.3) is 0 Å². The molecule has 0 radical (unpaired) electrons. The first kappa shape index (κ1) is 10.2. The van der Waals surface area contributed by atoms with Gasteiger partial charge in [0, 0.05) is 5.54 Å². The van der Waals surface area contributed by atoms with E-state index in [2.05, 4.69) is 45.4 Å². The molecular weight excluding hydrogens is 138 g/mol. The maximum atomic E-state index is 3.68. The van der Waals surface area contributed by atoms with E-state index in [9.17, 15) is 0 Å². The molecule has 10 heavy (non-hydrogen) atoms. The summed E-state index contributed by atoms with van der Waals surface area (Å²) in [5, 5.41) is 0. The van der Waals surface area contributed by atoms with Crippen molar-refractivity contribution in [1.29, 1.82) is 0 Å². The maximum absolute atomic E-state index is 3.68. The molecule has 0 saturated carbocycles. The Hall–Kier alpha value is 0.177. The van der Waals surface area contributed by atoms with Gasteiger partial charge in [-0.3, -0.25) is 0 Å². The molecule has 0 rings (SSSR count). The van der Waals surface area contributed by atoms with Gasteiger partial charge in [-0.2, -0.15) is 0 Å². The summed E-state index contributed by atoms with van der Waals surface area (Å²) in [6.07, 6.45) is 1.21. The van der Waals surface area contributed by atoms with Crippen LogP contribution in [-0.4, -0.2) is 13.8 Å². The van der Waals surface area contributed by atoms with Gasteiger partial charge in [0.2, 0.25) is 0 Å². The van der Waals surface area contributed by atoms with E-state index in [1.165, 1.54) is 6.42 Å². The first-order valence-electron chi connectivity index (χ1n) is 4.06. The molecular formula is C8H21NSi. The predicted molar refractivity (Wildman–Crippen MR) is 50.9 cm³/mol. The molecule has 0 fully saturated rings. The zero-order chi connectivity index (χ0) is 8.41. The summed E-state index contributed by atoms with van der Waals surface area (Å²) in [5.41, 5.74) is 0.338. The minimum absolute atomic E-state index is 0.338. The van der Waals surface area contributed by atoms with E-state index in [4.69, 9.17) is 0 Å². The fourth-order valence-electron chi connectivity index (χ4n) is 1.10. The molecule has 0 saturated heterocycles. The van der Waals surface area contributed by atoms with E-state index in [0.717, 1.165) is 0 Å². The Morgan fingerprint density at radius 3 is 1.70 bits per heavy atom. The lowest BCUT2D eigenvalue weighted by Crippen LogP contribution is -2.53. The van der Waals surface area contributed by atoms with E-state index < -0.39 is 8.24 Å². The Kier molecular flexibility index (Phi) is 3.11. The number of nitrogens with one attached hydrogen (secondary N) is 1. The molecule has 0 aliphatic carbocycles. The van der Waals surface area contributed by atoms with E-state index in [1.807, 2.05) is 0 Å². The van der Waals surface area contributed by atoms with Crippen LogP contribution in [0.5, 0.6) is 0 Å². The highest BCUT2D eigenvalue weighted by Gasteiger charge is 2.22. The largest absolute Gasteiger partial charge is 0.333 e. The molecule has 0 aliphatic heterocycles. The second kappa shape index (κ2) is 3.05. The highest BCUT2D eigenvalue weighted by atomic mass is 28.3. The number of hydrogen-bond acceptors (Lipinski definition) is 1. The molecule has 0 amide bonds. The smallest absolute Gasteiger partial charge is 0.116 e. The fourth-order valence-corrected chi connectivity index (χ4v) is 3.31. The van der Waals surface area contributed by atoms with E-state index in [-0.39, 0.29) is 0 Å².